The van der Waals surface area contributed by atoms with Gasteiger partial charge in [-0.1, -0.05) is 6.07 Å². The molecule has 2 aromatic carbocycles. The standard InChI is InChI=1S/C24H25N3O3S/c1-16-6-8-20(13-17(16)2)31-12-10-23(28)26-19-7-9-21(22(14-19)30-3)27-24(29)18-5-4-11-25-15-18/h4-9,11,13-15H,10,12H2,1-3H3,(H,26,28)(H,27,29). The Balaban J connectivity index is 1.55. The molecule has 0 atom stereocenters. The average Bonchev–Trinajstić information content (AvgIpc) is 2.77. The first kappa shape index (κ1) is 22.4. The SMILES string of the molecule is COc1cc(NC(=O)CCSc2ccc(C)c(C)c2)ccc1NC(=O)c1cccnc1. The predicted octanol–water partition coefficient (Wildman–Crippen LogP) is 5.08. The van der Waals surface area contributed by atoms with Crippen LogP contribution < -0.4 is 15.4 Å². The van der Waals surface area contributed by atoms with Gasteiger partial charge in [0.2, 0.25) is 5.91 Å². The molecule has 0 spiro atoms. The number of carbonyl (C=O) groups is 2. The van der Waals surface area contributed by atoms with Crippen LogP contribution in [-0.4, -0.2) is 29.7 Å². The van der Waals surface area contributed by atoms with Gasteiger partial charge in [0.15, 0.2) is 0 Å². The highest BCUT2D eigenvalue weighted by Gasteiger charge is 2.12. The molecule has 7 heteroatoms. The summed E-state index contributed by atoms with van der Waals surface area (Å²) in [7, 11) is 1.51. The van der Waals surface area contributed by atoms with Gasteiger partial charge in [0.25, 0.3) is 5.91 Å². The fourth-order valence-corrected chi connectivity index (χ4v) is 3.80. The topological polar surface area (TPSA) is 80.3 Å². The lowest BCUT2D eigenvalue weighted by atomic mass is 10.1. The number of hydrogen-bond donors (Lipinski definition) is 2. The van der Waals surface area contributed by atoms with Crippen LogP contribution in [0.4, 0.5) is 11.4 Å². The maximum absolute atomic E-state index is 12.3. The molecule has 0 unspecified atom stereocenters. The smallest absolute Gasteiger partial charge is 0.257 e. The summed E-state index contributed by atoms with van der Waals surface area (Å²) in [6.45, 7) is 4.17. The van der Waals surface area contributed by atoms with Crippen LogP contribution in [0.15, 0.2) is 65.8 Å². The van der Waals surface area contributed by atoms with E-state index in [0.717, 1.165) is 4.90 Å². The summed E-state index contributed by atoms with van der Waals surface area (Å²) in [5.41, 5.74) is 4.08. The molecule has 3 aromatic rings. The van der Waals surface area contributed by atoms with Gasteiger partial charge in [0.05, 0.1) is 18.4 Å². The van der Waals surface area contributed by atoms with Crippen molar-refractivity contribution in [2.75, 3.05) is 23.5 Å². The first-order chi connectivity index (χ1) is 15.0. The van der Waals surface area contributed by atoms with Crippen molar-refractivity contribution in [1.82, 2.24) is 4.98 Å². The molecule has 0 aliphatic rings. The molecule has 0 aliphatic heterocycles. The van der Waals surface area contributed by atoms with Crippen LogP contribution in [0, 0.1) is 13.8 Å². The Labute approximate surface area is 186 Å². The van der Waals surface area contributed by atoms with E-state index in [2.05, 4.69) is 47.7 Å². The van der Waals surface area contributed by atoms with E-state index >= 15 is 0 Å². The Morgan fingerprint density at radius 3 is 2.58 bits per heavy atom. The van der Waals surface area contributed by atoms with Gasteiger partial charge in [-0.05, 0) is 61.4 Å². The molecule has 1 aromatic heterocycles. The largest absolute Gasteiger partial charge is 0.494 e. The van der Waals surface area contributed by atoms with Gasteiger partial charge in [-0.15, -0.1) is 11.8 Å². The third-order valence-electron chi connectivity index (χ3n) is 4.73. The van der Waals surface area contributed by atoms with Crippen molar-refractivity contribution in [1.29, 1.82) is 0 Å². The number of aromatic nitrogens is 1. The number of benzene rings is 2. The van der Waals surface area contributed by atoms with Crippen LogP contribution in [0.5, 0.6) is 5.75 Å². The van der Waals surface area contributed by atoms with Crippen molar-refractivity contribution in [3.63, 3.8) is 0 Å². The second-order valence-electron chi connectivity index (χ2n) is 7.00. The third kappa shape index (κ3) is 6.33. The molecule has 0 fully saturated rings. The van der Waals surface area contributed by atoms with Crippen LogP contribution in [0.1, 0.15) is 27.9 Å². The molecule has 0 saturated heterocycles. The number of nitrogens with zero attached hydrogens (tertiary/aromatic N) is 1. The Bertz CT molecular complexity index is 1070. The second kappa shape index (κ2) is 10.6. The second-order valence-corrected chi connectivity index (χ2v) is 8.17. The molecule has 31 heavy (non-hydrogen) atoms. The Morgan fingerprint density at radius 1 is 1.03 bits per heavy atom. The van der Waals surface area contributed by atoms with Gasteiger partial charge in [-0.2, -0.15) is 0 Å². The minimum Gasteiger partial charge on any atom is -0.494 e. The lowest BCUT2D eigenvalue weighted by molar-refractivity contribution is -0.115. The van der Waals surface area contributed by atoms with Gasteiger partial charge >= 0.3 is 0 Å². The van der Waals surface area contributed by atoms with E-state index in [0.29, 0.717) is 34.9 Å². The number of rotatable bonds is 8. The molecule has 0 saturated carbocycles. The first-order valence-corrected chi connectivity index (χ1v) is 10.8. The van der Waals surface area contributed by atoms with E-state index in [1.54, 1.807) is 48.3 Å². The van der Waals surface area contributed by atoms with Crippen LogP contribution in [0.3, 0.4) is 0 Å². The minimum absolute atomic E-state index is 0.0782. The van der Waals surface area contributed by atoms with E-state index in [4.69, 9.17) is 4.74 Å². The van der Waals surface area contributed by atoms with Crippen LogP contribution in [0.25, 0.3) is 0 Å². The number of carbonyl (C=O) groups excluding carboxylic acids is 2. The Hall–Kier alpha value is -3.32. The normalized spacial score (nSPS) is 10.4. The third-order valence-corrected chi connectivity index (χ3v) is 5.73. The number of ether oxygens (including phenoxy) is 1. The maximum atomic E-state index is 12.3. The van der Waals surface area contributed by atoms with Crippen LogP contribution >= 0.6 is 11.8 Å². The summed E-state index contributed by atoms with van der Waals surface area (Å²) in [5.74, 6) is 0.779. The van der Waals surface area contributed by atoms with E-state index < -0.39 is 0 Å². The van der Waals surface area contributed by atoms with Gasteiger partial charge in [-0.3, -0.25) is 14.6 Å². The zero-order valence-corrected chi connectivity index (χ0v) is 18.6. The van der Waals surface area contributed by atoms with Crippen molar-refractivity contribution in [2.24, 2.45) is 0 Å². The van der Waals surface area contributed by atoms with Crippen molar-refractivity contribution in [3.05, 3.63) is 77.6 Å². The summed E-state index contributed by atoms with van der Waals surface area (Å²) in [6.07, 6.45) is 3.49. The lowest BCUT2D eigenvalue weighted by Gasteiger charge is -2.13. The molecule has 3 rings (SSSR count). The van der Waals surface area contributed by atoms with Crippen LogP contribution in [-0.2, 0) is 4.79 Å². The highest BCUT2D eigenvalue weighted by atomic mass is 32.2. The zero-order chi connectivity index (χ0) is 22.2. The van der Waals surface area contributed by atoms with E-state index in [1.165, 1.54) is 24.4 Å². The quantitative estimate of drug-likeness (QED) is 0.482. The number of aryl methyl sites for hydroxylation is 2. The summed E-state index contributed by atoms with van der Waals surface area (Å²) < 4.78 is 5.38. The number of pyridine rings is 1. The maximum Gasteiger partial charge on any atom is 0.257 e. The molecule has 0 aliphatic carbocycles. The molecule has 0 bridgehead atoms. The Morgan fingerprint density at radius 2 is 1.87 bits per heavy atom. The number of anilines is 2. The molecule has 1 heterocycles. The zero-order valence-electron chi connectivity index (χ0n) is 17.8. The monoisotopic (exact) mass is 435 g/mol. The minimum atomic E-state index is -0.286. The van der Waals surface area contributed by atoms with Gasteiger partial charge in [0, 0.05) is 41.2 Å². The van der Waals surface area contributed by atoms with E-state index in [1.807, 2.05) is 0 Å². The van der Waals surface area contributed by atoms with Crippen LogP contribution in [0.2, 0.25) is 0 Å². The molecular formula is C24H25N3O3S. The van der Waals surface area contributed by atoms with Crippen molar-refractivity contribution >= 4 is 35.0 Å². The molecule has 0 radical (unpaired) electrons. The molecule has 6 nitrogen and oxygen atoms in total. The summed E-state index contributed by atoms with van der Waals surface area (Å²) in [6, 6.07) is 14.8. The Kier molecular flexibility index (Phi) is 7.67. The average molecular weight is 436 g/mol. The van der Waals surface area contributed by atoms with E-state index in [-0.39, 0.29) is 11.8 Å². The van der Waals surface area contributed by atoms with Gasteiger partial charge in [0.1, 0.15) is 5.75 Å². The number of methoxy groups -OCH3 is 1. The molecule has 2 amide bonds. The van der Waals surface area contributed by atoms with Crippen molar-refractivity contribution < 1.29 is 14.3 Å². The summed E-state index contributed by atoms with van der Waals surface area (Å²) in [4.78, 5) is 29.8. The number of nitrogens with one attached hydrogen (secondary N) is 2. The fraction of sp³-hybridized carbons (Fsp3) is 0.208. The van der Waals surface area contributed by atoms with Gasteiger partial charge in [-0.25, -0.2) is 0 Å². The van der Waals surface area contributed by atoms with Crippen molar-refractivity contribution in [2.45, 2.75) is 25.2 Å². The number of amides is 2. The van der Waals surface area contributed by atoms with Crippen molar-refractivity contribution in [3.8, 4) is 5.75 Å². The summed E-state index contributed by atoms with van der Waals surface area (Å²) >= 11 is 1.66. The molecule has 2 N–H and O–H groups in total. The number of thioether (sulfide) groups is 1. The fourth-order valence-electron chi connectivity index (χ4n) is 2.85. The molecule has 160 valence electrons. The predicted molar refractivity (Wildman–Crippen MR) is 125 cm³/mol. The summed E-state index contributed by atoms with van der Waals surface area (Å²) in [5, 5.41) is 5.68. The molecular weight excluding hydrogens is 410 g/mol. The number of hydrogen-bond acceptors (Lipinski definition) is 5. The van der Waals surface area contributed by atoms with E-state index in [9.17, 15) is 9.59 Å². The lowest BCUT2D eigenvalue weighted by Crippen LogP contribution is -2.14. The highest BCUT2D eigenvalue weighted by Crippen LogP contribution is 2.29. The highest BCUT2D eigenvalue weighted by molar-refractivity contribution is 7.99. The van der Waals surface area contributed by atoms with Gasteiger partial charge < -0.3 is 15.4 Å². The first-order valence-electron chi connectivity index (χ1n) is 9.85.